The Morgan fingerprint density at radius 2 is 2.30 bits per heavy atom. The summed E-state index contributed by atoms with van der Waals surface area (Å²) in [5.41, 5.74) is 6.81. The minimum Gasteiger partial charge on any atom is -0.465 e. The summed E-state index contributed by atoms with van der Waals surface area (Å²) in [7, 11) is 1.82. The molecule has 0 heterocycles. The number of hydrogen-bond acceptors (Lipinski definition) is 5. The van der Waals surface area contributed by atoms with E-state index in [1.54, 1.807) is 11.8 Å². The highest BCUT2D eigenvalue weighted by molar-refractivity contribution is 7.99. The van der Waals surface area contributed by atoms with Crippen molar-refractivity contribution in [2.75, 3.05) is 25.2 Å². The molecule has 2 N–H and O–H groups in total. The summed E-state index contributed by atoms with van der Waals surface area (Å²) < 4.78 is 4.83. The molecule has 5 nitrogen and oxygen atoms in total. The summed E-state index contributed by atoms with van der Waals surface area (Å²) in [4.78, 5) is 25.0. The number of nitrogens with two attached hydrogens (primary N) is 1. The highest BCUT2D eigenvalue weighted by atomic mass is 32.2. The smallest absolute Gasteiger partial charge is 0.322 e. The number of allylic oxidation sites excluding steroid dienone is 2. The molecule has 0 saturated carbocycles. The van der Waals surface area contributed by atoms with Gasteiger partial charge in [-0.15, -0.1) is 0 Å². The van der Waals surface area contributed by atoms with Crippen molar-refractivity contribution in [3.63, 3.8) is 0 Å². The van der Waals surface area contributed by atoms with E-state index >= 15 is 0 Å². The van der Waals surface area contributed by atoms with Gasteiger partial charge in [-0.3, -0.25) is 9.59 Å². The quantitative estimate of drug-likeness (QED) is 0.543. The Morgan fingerprint density at radius 1 is 1.55 bits per heavy atom. The van der Waals surface area contributed by atoms with Crippen LogP contribution in [-0.2, 0) is 14.3 Å². The molecule has 0 saturated heterocycles. The molecular weight excluding hydrogens is 276 g/mol. The van der Waals surface area contributed by atoms with Gasteiger partial charge in [-0.25, -0.2) is 0 Å². The van der Waals surface area contributed by atoms with Crippen LogP contribution in [0.25, 0.3) is 0 Å². The number of esters is 1. The van der Waals surface area contributed by atoms with E-state index in [-0.39, 0.29) is 11.9 Å². The molecule has 114 valence electrons. The molecule has 1 atom stereocenters. The minimum atomic E-state index is -0.590. The van der Waals surface area contributed by atoms with Crippen molar-refractivity contribution in [1.82, 2.24) is 4.90 Å². The SMILES string of the molecule is CCOC(=O)C(N)CCSCC(=O)N(C)C1=CCCC1. The molecule has 1 aliphatic carbocycles. The van der Waals surface area contributed by atoms with E-state index in [1.807, 2.05) is 7.05 Å². The van der Waals surface area contributed by atoms with E-state index < -0.39 is 6.04 Å². The number of ether oxygens (including phenoxy) is 1. The van der Waals surface area contributed by atoms with E-state index in [0.29, 0.717) is 24.5 Å². The van der Waals surface area contributed by atoms with Crippen LogP contribution in [0.4, 0.5) is 0 Å². The Bertz CT molecular complexity index is 371. The predicted molar refractivity (Wildman–Crippen MR) is 81.3 cm³/mol. The topological polar surface area (TPSA) is 72.6 Å². The number of rotatable bonds is 8. The van der Waals surface area contributed by atoms with Gasteiger partial charge in [0.25, 0.3) is 0 Å². The maximum atomic E-state index is 12.0. The number of amides is 1. The van der Waals surface area contributed by atoms with Gasteiger partial charge in [0.05, 0.1) is 12.4 Å². The molecule has 1 unspecified atom stereocenters. The lowest BCUT2D eigenvalue weighted by Gasteiger charge is -2.18. The van der Waals surface area contributed by atoms with Crippen LogP contribution in [0.2, 0.25) is 0 Å². The molecule has 0 bridgehead atoms. The molecule has 1 amide bonds. The molecule has 0 aromatic carbocycles. The molecule has 1 aliphatic rings. The Labute approximate surface area is 124 Å². The van der Waals surface area contributed by atoms with E-state index in [1.165, 1.54) is 11.8 Å². The van der Waals surface area contributed by atoms with Crippen LogP contribution >= 0.6 is 11.8 Å². The van der Waals surface area contributed by atoms with E-state index in [0.717, 1.165) is 25.0 Å². The average molecular weight is 300 g/mol. The zero-order valence-electron chi connectivity index (χ0n) is 12.3. The summed E-state index contributed by atoms with van der Waals surface area (Å²) in [6.45, 7) is 2.10. The van der Waals surface area contributed by atoms with Gasteiger partial charge in [-0.2, -0.15) is 11.8 Å². The van der Waals surface area contributed by atoms with Gasteiger partial charge < -0.3 is 15.4 Å². The maximum Gasteiger partial charge on any atom is 0.322 e. The van der Waals surface area contributed by atoms with Crippen molar-refractivity contribution in [3.05, 3.63) is 11.8 Å². The lowest BCUT2D eigenvalue weighted by Crippen LogP contribution is -2.33. The first-order chi connectivity index (χ1) is 9.56. The Balaban J connectivity index is 2.17. The van der Waals surface area contributed by atoms with Gasteiger partial charge in [0.2, 0.25) is 5.91 Å². The second kappa shape index (κ2) is 9.02. The van der Waals surface area contributed by atoms with E-state index in [9.17, 15) is 9.59 Å². The third kappa shape index (κ3) is 5.54. The number of thioether (sulfide) groups is 1. The molecule has 0 fully saturated rings. The fourth-order valence-corrected chi connectivity index (χ4v) is 2.89. The van der Waals surface area contributed by atoms with Gasteiger partial charge in [-0.1, -0.05) is 6.08 Å². The standard InChI is InChI=1S/C14H24N2O3S/c1-3-19-14(18)12(15)8-9-20-10-13(17)16(2)11-6-4-5-7-11/h6,12H,3-5,7-10,15H2,1-2H3. The van der Waals surface area contributed by atoms with E-state index in [4.69, 9.17) is 10.5 Å². The summed E-state index contributed by atoms with van der Waals surface area (Å²) in [6.07, 6.45) is 5.84. The molecule has 0 aromatic rings. The van der Waals surface area contributed by atoms with Crippen LogP contribution in [0.15, 0.2) is 11.8 Å². The van der Waals surface area contributed by atoms with Crippen LogP contribution in [0.1, 0.15) is 32.6 Å². The van der Waals surface area contributed by atoms with Crippen molar-refractivity contribution >= 4 is 23.6 Å². The van der Waals surface area contributed by atoms with Crippen LogP contribution in [-0.4, -0.2) is 48.0 Å². The average Bonchev–Trinajstić information content (AvgIpc) is 2.96. The highest BCUT2D eigenvalue weighted by Crippen LogP contribution is 2.21. The molecule has 20 heavy (non-hydrogen) atoms. The van der Waals surface area contributed by atoms with Gasteiger partial charge in [-0.05, 0) is 38.4 Å². The first-order valence-corrected chi connectivity index (χ1v) is 8.17. The van der Waals surface area contributed by atoms with E-state index in [2.05, 4.69) is 6.08 Å². The maximum absolute atomic E-state index is 12.0. The van der Waals surface area contributed by atoms with Gasteiger partial charge in [0, 0.05) is 12.7 Å². The number of hydrogen-bond donors (Lipinski definition) is 1. The monoisotopic (exact) mass is 300 g/mol. The molecule has 0 radical (unpaired) electrons. The highest BCUT2D eigenvalue weighted by Gasteiger charge is 2.17. The second-order valence-corrected chi connectivity index (χ2v) is 5.85. The summed E-state index contributed by atoms with van der Waals surface area (Å²) in [5, 5.41) is 0. The third-order valence-electron chi connectivity index (χ3n) is 3.21. The molecule has 1 rings (SSSR count). The first-order valence-electron chi connectivity index (χ1n) is 7.01. The fourth-order valence-electron chi connectivity index (χ4n) is 1.95. The zero-order chi connectivity index (χ0) is 15.0. The number of nitrogens with zero attached hydrogens (tertiary/aromatic N) is 1. The lowest BCUT2D eigenvalue weighted by atomic mass is 10.2. The largest absolute Gasteiger partial charge is 0.465 e. The Morgan fingerprint density at radius 3 is 2.90 bits per heavy atom. The molecule has 0 spiro atoms. The summed E-state index contributed by atoms with van der Waals surface area (Å²) in [6, 6.07) is -0.590. The molecule has 6 heteroatoms. The first kappa shape index (κ1) is 17.0. The molecule has 0 aromatic heterocycles. The van der Waals surface area contributed by atoms with Crippen molar-refractivity contribution in [1.29, 1.82) is 0 Å². The lowest BCUT2D eigenvalue weighted by molar-refractivity contribution is -0.144. The van der Waals surface area contributed by atoms with Crippen molar-refractivity contribution in [2.24, 2.45) is 5.73 Å². The van der Waals surface area contributed by atoms with Crippen molar-refractivity contribution < 1.29 is 14.3 Å². The van der Waals surface area contributed by atoms with Crippen molar-refractivity contribution in [3.8, 4) is 0 Å². The Hall–Kier alpha value is -1.01. The number of carbonyl (C=O) groups is 2. The summed E-state index contributed by atoms with van der Waals surface area (Å²) >= 11 is 1.51. The third-order valence-corrected chi connectivity index (χ3v) is 4.19. The van der Waals surface area contributed by atoms with Crippen molar-refractivity contribution in [2.45, 2.75) is 38.6 Å². The molecule has 0 aliphatic heterocycles. The van der Waals surface area contributed by atoms with Crippen LogP contribution in [0, 0.1) is 0 Å². The van der Waals surface area contributed by atoms with Crippen LogP contribution in [0.3, 0.4) is 0 Å². The number of carbonyl (C=O) groups excluding carboxylic acids is 2. The second-order valence-electron chi connectivity index (χ2n) is 4.74. The van der Waals surface area contributed by atoms with Crippen LogP contribution in [0.5, 0.6) is 0 Å². The molecular formula is C14H24N2O3S. The normalized spacial score (nSPS) is 15.7. The van der Waals surface area contributed by atoms with Gasteiger partial charge in [0.1, 0.15) is 6.04 Å². The Kier molecular flexibility index (Phi) is 7.69. The predicted octanol–water partition coefficient (Wildman–Crippen LogP) is 1.53. The zero-order valence-corrected chi connectivity index (χ0v) is 13.1. The summed E-state index contributed by atoms with van der Waals surface area (Å²) in [5.74, 6) is 0.836. The van der Waals surface area contributed by atoms with Crippen LogP contribution < -0.4 is 5.73 Å². The van der Waals surface area contributed by atoms with Gasteiger partial charge in [0.15, 0.2) is 0 Å². The minimum absolute atomic E-state index is 0.104. The van der Waals surface area contributed by atoms with Gasteiger partial charge >= 0.3 is 5.97 Å². The fraction of sp³-hybridized carbons (Fsp3) is 0.714.